The first-order valence-electron chi connectivity index (χ1n) is 4.65. The molecule has 0 saturated carbocycles. The van der Waals surface area contributed by atoms with Crippen LogP contribution in [0.25, 0.3) is 0 Å². The van der Waals surface area contributed by atoms with Gasteiger partial charge in [0, 0.05) is 20.8 Å². The van der Waals surface area contributed by atoms with Crippen LogP contribution in [0.1, 0.15) is 0 Å². The summed E-state index contributed by atoms with van der Waals surface area (Å²) < 4.78 is 30.8. The Morgan fingerprint density at radius 2 is 1.71 bits per heavy atom. The highest BCUT2D eigenvalue weighted by atomic mass is 35.7. The predicted molar refractivity (Wildman–Crippen MR) is 72.4 cm³/mol. The molecular formula is C5H13Cl2N4O3P3. The fourth-order valence-corrected chi connectivity index (χ4v) is 13.2. The smallest absolute Gasteiger partial charge is 0.301 e. The van der Waals surface area contributed by atoms with E-state index in [0.29, 0.717) is 6.61 Å². The van der Waals surface area contributed by atoms with Crippen LogP contribution in [0.4, 0.5) is 0 Å². The zero-order chi connectivity index (χ0) is 12.7. The Balaban J connectivity index is 2.67. The summed E-state index contributed by atoms with van der Waals surface area (Å²) in [6.07, 6.45) is 0. The third-order valence-electron chi connectivity index (χ3n) is 2.26. The van der Waals surface area contributed by atoms with Crippen LogP contribution in [0.15, 0.2) is 13.5 Å². The normalized spacial score (nSPS) is 46.4. The van der Waals surface area contributed by atoms with Crippen molar-refractivity contribution in [2.45, 2.75) is 0 Å². The zero-order valence-electron chi connectivity index (χ0n) is 9.53. The summed E-state index contributed by atoms with van der Waals surface area (Å²) in [5.74, 6) is 0. The van der Waals surface area contributed by atoms with Gasteiger partial charge in [0.1, 0.15) is 0 Å². The van der Waals surface area contributed by atoms with E-state index < -0.39 is 21.2 Å². The maximum absolute atomic E-state index is 6.24. The predicted octanol–water partition coefficient (Wildman–Crippen LogP) is 4.57. The maximum atomic E-state index is 6.24. The molecule has 1 fully saturated rings. The second-order valence-corrected chi connectivity index (χ2v) is 12.7. The molecule has 2 aliphatic rings. The van der Waals surface area contributed by atoms with E-state index in [2.05, 4.69) is 13.5 Å². The molecule has 2 heterocycles. The Bertz CT molecular complexity index is 485. The average molecular weight is 341 g/mol. The van der Waals surface area contributed by atoms with Gasteiger partial charge < -0.3 is 13.6 Å². The Morgan fingerprint density at radius 3 is 2.18 bits per heavy atom. The van der Waals surface area contributed by atoms with Crippen LogP contribution in [0.5, 0.6) is 0 Å². The van der Waals surface area contributed by atoms with Gasteiger partial charge in [0.05, 0.1) is 6.61 Å². The van der Waals surface area contributed by atoms with Crippen molar-refractivity contribution >= 4 is 43.6 Å². The van der Waals surface area contributed by atoms with Gasteiger partial charge in [-0.1, -0.05) is 0 Å². The molecule has 7 nitrogen and oxygen atoms in total. The molecule has 0 aromatic rings. The molecule has 0 radical (unpaired) electrons. The van der Waals surface area contributed by atoms with Gasteiger partial charge in [-0.2, -0.15) is 13.5 Å². The molecule has 3 atom stereocenters. The van der Waals surface area contributed by atoms with Crippen LogP contribution < -0.4 is 0 Å². The molecule has 0 bridgehead atoms. The SMILES string of the molecule is CO[P@]1(Cl)=N[P@@]2(=N[P@](Cl)(OC)=N1)OCCN2C. The van der Waals surface area contributed by atoms with Crippen LogP contribution in [-0.4, -0.2) is 39.1 Å². The highest BCUT2D eigenvalue weighted by molar-refractivity contribution is 8.00. The quantitative estimate of drug-likeness (QED) is 0.690. The summed E-state index contributed by atoms with van der Waals surface area (Å²) in [7, 11) is 2.23. The Labute approximate surface area is 110 Å². The first-order valence-corrected chi connectivity index (χ1v) is 11.3. The number of hydrogen-bond donors (Lipinski definition) is 0. The van der Waals surface area contributed by atoms with Gasteiger partial charge in [-0.05, 0) is 29.5 Å². The highest BCUT2D eigenvalue weighted by Crippen LogP contribution is 2.83. The molecular weight excluding hydrogens is 328 g/mol. The van der Waals surface area contributed by atoms with Crippen LogP contribution in [0.3, 0.4) is 0 Å². The van der Waals surface area contributed by atoms with Crippen molar-refractivity contribution in [1.29, 1.82) is 0 Å². The Morgan fingerprint density at radius 1 is 1.12 bits per heavy atom. The van der Waals surface area contributed by atoms with Crippen LogP contribution in [0.2, 0.25) is 0 Å². The van der Waals surface area contributed by atoms with Gasteiger partial charge in [0.25, 0.3) is 7.58 Å². The molecule has 12 heteroatoms. The number of likely N-dealkylation sites (N-methyl/N-ethyl adjacent to an activating group) is 1. The second-order valence-electron chi connectivity index (χ2n) is 3.31. The summed E-state index contributed by atoms with van der Waals surface area (Å²) in [4.78, 5) is 0. The fraction of sp³-hybridized carbons (Fsp3) is 1.00. The van der Waals surface area contributed by atoms with Crippen molar-refractivity contribution in [1.82, 2.24) is 4.67 Å². The van der Waals surface area contributed by atoms with E-state index in [9.17, 15) is 0 Å². The molecule has 2 rings (SSSR count). The van der Waals surface area contributed by atoms with Gasteiger partial charge in [-0.25, -0.2) is 4.67 Å². The molecule has 0 amide bonds. The zero-order valence-corrected chi connectivity index (χ0v) is 13.7. The minimum atomic E-state index is -2.83. The van der Waals surface area contributed by atoms with Gasteiger partial charge in [0.2, 0.25) is 0 Å². The van der Waals surface area contributed by atoms with E-state index >= 15 is 0 Å². The standard InChI is InChI=1S/C5H13Cl2N4O3P3/c1-11-4-5-14-17(11)9-15(6,12-2)8-16(7,10-17)13-3/h4-5H2,1-3H3/t15-,16+,17-. The number of halogens is 2. The molecule has 0 unspecified atom stereocenters. The maximum Gasteiger partial charge on any atom is 0.301 e. The van der Waals surface area contributed by atoms with Gasteiger partial charge in [0.15, 0.2) is 0 Å². The van der Waals surface area contributed by atoms with Gasteiger partial charge in [-0.15, -0.1) is 0 Å². The first-order chi connectivity index (χ1) is 7.87. The Hall–Kier alpha value is 1.11. The lowest BCUT2D eigenvalue weighted by atomic mass is 10.7. The lowest BCUT2D eigenvalue weighted by Gasteiger charge is -2.28. The summed E-state index contributed by atoms with van der Waals surface area (Å²) in [6.45, 7) is -4.40. The minimum absolute atomic E-state index is 0.540. The van der Waals surface area contributed by atoms with E-state index in [4.69, 9.17) is 36.1 Å². The molecule has 2 aliphatic heterocycles. The Kier molecular flexibility index (Phi) is 4.18. The van der Waals surface area contributed by atoms with Crippen molar-refractivity contribution < 1.29 is 13.6 Å². The summed E-state index contributed by atoms with van der Waals surface area (Å²) in [5, 5.41) is 0. The topological polar surface area (TPSA) is 68.0 Å². The van der Waals surface area contributed by atoms with Crippen molar-refractivity contribution in [2.24, 2.45) is 13.5 Å². The molecule has 100 valence electrons. The van der Waals surface area contributed by atoms with Crippen LogP contribution >= 0.6 is 43.6 Å². The third-order valence-corrected chi connectivity index (χ3v) is 13.5. The van der Waals surface area contributed by atoms with E-state index in [1.54, 1.807) is 0 Å². The first kappa shape index (κ1) is 14.5. The molecule has 0 N–H and O–H groups in total. The van der Waals surface area contributed by atoms with Crippen LogP contribution in [-0.2, 0) is 13.6 Å². The number of hydrogen-bond acceptors (Lipinski definition) is 7. The van der Waals surface area contributed by atoms with Crippen LogP contribution in [0, 0.1) is 0 Å². The van der Waals surface area contributed by atoms with Crippen molar-refractivity contribution in [3.63, 3.8) is 0 Å². The monoisotopic (exact) mass is 340 g/mol. The van der Waals surface area contributed by atoms with E-state index in [0.717, 1.165) is 6.54 Å². The average Bonchev–Trinajstić information content (AvgIpc) is 2.59. The number of rotatable bonds is 2. The molecule has 0 aromatic heterocycles. The van der Waals surface area contributed by atoms with Gasteiger partial charge in [-0.3, -0.25) is 0 Å². The van der Waals surface area contributed by atoms with Crippen molar-refractivity contribution in [3.8, 4) is 0 Å². The minimum Gasteiger partial charge on any atom is -0.319 e. The molecule has 1 spiro atoms. The van der Waals surface area contributed by atoms with Crippen molar-refractivity contribution in [3.05, 3.63) is 0 Å². The van der Waals surface area contributed by atoms with Crippen molar-refractivity contribution in [2.75, 3.05) is 34.4 Å². The summed E-state index contributed by atoms with van der Waals surface area (Å²) in [5.41, 5.74) is 0. The third kappa shape index (κ3) is 2.69. The largest absolute Gasteiger partial charge is 0.319 e. The summed E-state index contributed by atoms with van der Waals surface area (Å²) in [6, 6.07) is 0. The molecule has 1 saturated heterocycles. The highest BCUT2D eigenvalue weighted by Gasteiger charge is 2.42. The fourth-order valence-electron chi connectivity index (χ4n) is 1.34. The van der Waals surface area contributed by atoms with E-state index in [-0.39, 0.29) is 0 Å². The molecule has 0 aliphatic carbocycles. The van der Waals surface area contributed by atoms with E-state index in [1.165, 1.54) is 14.2 Å². The lowest BCUT2D eigenvalue weighted by Crippen LogP contribution is -2.08. The molecule has 17 heavy (non-hydrogen) atoms. The lowest BCUT2D eigenvalue weighted by molar-refractivity contribution is 0.389. The second kappa shape index (κ2) is 4.90. The van der Waals surface area contributed by atoms with E-state index in [1.807, 2.05) is 11.7 Å². The number of nitrogens with zero attached hydrogens (tertiary/aromatic N) is 4. The molecule has 0 aromatic carbocycles. The summed E-state index contributed by atoms with van der Waals surface area (Å²) >= 11 is 12.5. The van der Waals surface area contributed by atoms with Gasteiger partial charge >= 0.3 is 13.6 Å².